The maximum Gasteiger partial charge on any atom is 0.227 e. The molecule has 2 aromatic rings. The van der Waals surface area contributed by atoms with Crippen molar-refractivity contribution in [3.05, 3.63) is 52.7 Å². The molecule has 0 N–H and O–H groups in total. The predicted octanol–water partition coefficient (Wildman–Crippen LogP) is 2.93. The Kier molecular flexibility index (Phi) is 4.57. The van der Waals surface area contributed by atoms with E-state index in [2.05, 4.69) is 33.3 Å². The lowest BCUT2D eigenvalue weighted by Gasteiger charge is -2.37. The summed E-state index contributed by atoms with van der Waals surface area (Å²) < 4.78 is 0. The Labute approximate surface area is 152 Å². The van der Waals surface area contributed by atoms with Crippen LogP contribution in [0.25, 0.3) is 0 Å². The van der Waals surface area contributed by atoms with Crippen molar-refractivity contribution in [2.45, 2.75) is 25.8 Å². The maximum absolute atomic E-state index is 13.0. The number of fused-ring (bicyclic) bond motifs is 1. The lowest BCUT2D eigenvalue weighted by Crippen LogP contribution is -2.46. The van der Waals surface area contributed by atoms with Crippen molar-refractivity contribution in [3.63, 3.8) is 0 Å². The second kappa shape index (κ2) is 7.00. The summed E-state index contributed by atoms with van der Waals surface area (Å²) in [6.07, 6.45) is 2.88. The van der Waals surface area contributed by atoms with Crippen LogP contribution in [0, 0.1) is 5.92 Å². The second-order valence-electron chi connectivity index (χ2n) is 6.78. The molecule has 0 bridgehead atoms. The quantitative estimate of drug-likeness (QED) is 0.830. The number of anilines is 1. The van der Waals surface area contributed by atoms with Gasteiger partial charge in [0.1, 0.15) is 0 Å². The molecule has 0 saturated carbocycles. The lowest BCUT2D eigenvalue weighted by atomic mass is 9.94. The van der Waals surface area contributed by atoms with Crippen LogP contribution in [-0.2, 0) is 17.8 Å². The molecule has 130 valence electrons. The van der Waals surface area contributed by atoms with Crippen LogP contribution in [-0.4, -0.2) is 40.6 Å². The molecular formula is C19H21ClN4O. The Hall–Kier alpha value is -2.14. The number of aromatic nitrogens is 2. The summed E-state index contributed by atoms with van der Waals surface area (Å²) in [4.78, 5) is 17.2. The fourth-order valence-electron chi connectivity index (χ4n) is 3.81. The monoisotopic (exact) mass is 356 g/mol. The predicted molar refractivity (Wildman–Crippen MR) is 97.5 cm³/mol. The zero-order chi connectivity index (χ0) is 17.2. The van der Waals surface area contributed by atoms with E-state index in [9.17, 15) is 4.79 Å². The van der Waals surface area contributed by atoms with Crippen LogP contribution in [0.15, 0.2) is 36.4 Å². The number of piperidine rings is 1. The van der Waals surface area contributed by atoms with Crippen molar-refractivity contribution in [2.75, 3.05) is 24.5 Å². The number of hydrogen-bond donors (Lipinski definition) is 0. The highest BCUT2D eigenvalue weighted by Crippen LogP contribution is 2.26. The minimum absolute atomic E-state index is 0.0245. The largest absolute Gasteiger partial charge is 0.354 e. The Balaban J connectivity index is 1.44. The van der Waals surface area contributed by atoms with Gasteiger partial charge in [-0.1, -0.05) is 35.9 Å². The molecule has 5 nitrogen and oxygen atoms in total. The number of hydrogen-bond acceptors (Lipinski definition) is 4. The van der Waals surface area contributed by atoms with Gasteiger partial charge in [0.05, 0.1) is 5.92 Å². The fraction of sp³-hybridized carbons (Fsp3) is 0.421. The van der Waals surface area contributed by atoms with Gasteiger partial charge in [-0.15, -0.1) is 10.2 Å². The minimum Gasteiger partial charge on any atom is -0.354 e. The molecular weight excluding hydrogens is 336 g/mol. The molecule has 1 atom stereocenters. The number of carbonyl (C=O) groups excluding carboxylic acids is 1. The minimum atomic E-state index is 0.0245. The average molecular weight is 357 g/mol. The SMILES string of the molecule is O=C([C@H]1CCCN(c2ccc(Cl)nn2)C1)N1CCc2ccccc2C1. The van der Waals surface area contributed by atoms with Gasteiger partial charge in [-0.2, -0.15) is 0 Å². The molecule has 1 amide bonds. The molecule has 0 unspecified atom stereocenters. The third-order valence-corrected chi connectivity index (χ3v) is 5.36. The molecule has 0 aliphatic carbocycles. The molecule has 3 heterocycles. The van der Waals surface area contributed by atoms with Crippen molar-refractivity contribution < 1.29 is 4.79 Å². The van der Waals surface area contributed by atoms with Crippen molar-refractivity contribution in [1.29, 1.82) is 0 Å². The summed E-state index contributed by atoms with van der Waals surface area (Å²) in [6, 6.07) is 12.0. The van der Waals surface area contributed by atoms with Crippen LogP contribution in [0.5, 0.6) is 0 Å². The molecule has 0 spiro atoms. The van der Waals surface area contributed by atoms with E-state index in [0.717, 1.165) is 44.7 Å². The highest BCUT2D eigenvalue weighted by molar-refractivity contribution is 6.29. The van der Waals surface area contributed by atoms with Crippen molar-refractivity contribution in [2.24, 2.45) is 5.92 Å². The number of rotatable bonds is 2. The second-order valence-corrected chi connectivity index (χ2v) is 7.17. The Morgan fingerprint density at radius 2 is 1.92 bits per heavy atom. The first-order valence-corrected chi connectivity index (χ1v) is 9.18. The van der Waals surface area contributed by atoms with E-state index in [4.69, 9.17) is 11.6 Å². The van der Waals surface area contributed by atoms with E-state index in [1.165, 1.54) is 11.1 Å². The van der Waals surface area contributed by atoms with Gasteiger partial charge in [-0.3, -0.25) is 4.79 Å². The van der Waals surface area contributed by atoms with Gasteiger partial charge >= 0.3 is 0 Å². The Morgan fingerprint density at radius 3 is 2.72 bits per heavy atom. The van der Waals surface area contributed by atoms with Gasteiger partial charge in [0.2, 0.25) is 5.91 Å². The molecule has 25 heavy (non-hydrogen) atoms. The standard InChI is InChI=1S/C19H21ClN4O/c20-17-7-8-18(22-21-17)23-10-3-6-16(13-23)19(25)24-11-9-14-4-1-2-5-15(14)12-24/h1-2,4-5,7-8,16H,3,6,9-13H2/t16-/m0/s1. The first-order valence-electron chi connectivity index (χ1n) is 8.80. The first-order chi connectivity index (χ1) is 12.2. The zero-order valence-electron chi connectivity index (χ0n) is 14.1. The van der Waals surface area contributed by atoms with E-state index in [1.807, 2.05) is 17.0 Å². The van der Waals surface area contributed by atoms with Crippen LogP contribution in [0.3, 0.4) is 0 Å². The number of nitrogens with zero attached hydrogens (tertiary/aromatic N) is 4. The van der Waals surface area contributed by atoms with E-state index < -0.39 is 0 Å². The lowest BCUT2D eigenvalue weighted by molar-refractivity contribution is -0.136. The molecule has 6 heteroatoms. The van der Waals surface area contributed by atoms with Crippen molar-refractivity contribution in [1.82, 2.24) is 15.1 Å². The third-order valence-electron chi connectivity index (χ3n) is 5.15. The summed E-state index contributed by atoms with van der Waals surface area (Å²) in [7, 11) is 0. The summed E-state index contributed by atoms with van der Waals surface area (Å²) in [5.74, 6) is 1.09. The molecule has 1 saturated heterocycles. The van der Waals surface area contributed by atoms with Crippen LogP contribution in [0.1, 0.15) is 24.0 Å². The normalized spacial score (nSPS) is 20.3. The van der Waals surface area contributed by atoms with Gasteiger partial charge in [0.15, 0.2) is 11.0 Å². The Morgan fingerprint density at radius 1 is 1.08 bits per heavy atom. The van der Waals surface area contributed by atoms with E-state index in [-0.39, 0.29) is 11.8 Å². The summed E-state index contributed by atoms with van der Waals surface area (Å²) in [6.45, 7) is 3.15. The number of benzene rings is 1. The first kappa shape index (κ1) is 16.3. The van der Waals surface area contributed by atoms with E-state index in [0.29, 0.717) is 11.7 Å². The molecule has 0 radical (unpaired) electrons. The van der Waals surface area contributed by atoms with Gasteiger partial charge in [0, 0.05) is 26.2 Å². The zero-order valence-corrected chi connectivity index (χ0v) is 14.8. The highest BCUT2D eigenvalue weighted by atomic mass is 35.5. The number of amides is 1. The van der Waals surface area contributed by atoms with Crippen LogP contribution in [0.2, 0.25) is 5.15 Å². The number of carbonyl (C=O) groups is 1. The highest BCUT2D eigenvalue weighted by Gasteiger charge is 2.31. The van der Waals surface area contributed by atoms with Gasteiger partial charge in [0.25, 0.3) is 0 Å². The molecule has 2 aliphatic rings. The van der Waals surface area contributed by atoms with Crippen molar-refractivity contribution in [3.8, 4) is 0 Å². The smallest absolute Gasteiger partial charge is 0.227 e. The van der Waals surface area contributed by atoms with Crippen LogP contribution >= 0.6 is 11.6 Å². The molecule has 4 rings (SSSR count). The summed E-state index contributed by atoms with van der Waals surface area (Å²) in [5, 5.41) is 8.46. The van der Waals surface area contributed by atoms with Gasteiger partial charge < -0.3 is 9.80 Å². The third kappa shape index (κ3) is 3.47. The van der Waals surface area contributed by atoms with Crippen LogP contribution in [0.4, 0.5) is 5.82 Å². The van der Waals surface area contributed by atoms with Crippen molar-refractivity contribution >= 4 is 23.3 Å². The topological polar surface area (TPSA) is 49.3 Å². The van der Waals surface area contributed by atoms with E-state index in [1.54, 1.807) is 6.07 Å². The summed E-state index contributed by atoms with van der Waals surface area (Å²) >= 11 is 5.82. The molecule has 2 aliphatic heterocycles. The van der Waals surface area contributed by atoms with E-state index >= 15 is 0 Å². The molecule has 1 fully saturated rings. The van der Waals surface area contributed by atoms with Gasteiger partial charge in [-0.05, 0) is 42.5 Å². The fourth-order valence-corrected chi connectivity index (χ4v) is 3.91. The molecule has 1 aromatic heterocycles. The maximum atomic E-state index is 13.0. The average Bonchev–Trinajstić information content (AvgIpc) is 2.68. The molecule has 1 aromatic carbocycles. The summed E-state index contributed by atoms with van der Waals surface area (Å²) in [5.41, 5.74) is 2.64. The van der Waals surface area contributed by atoms with Gasteiger partial charge in [-0.25, -0.2) is 0 Å². The van der Waals surface area contributed by atoms with Crippen LogP contribution < -0.4 is 4.90 Å². The Bertz CT molecular complexity index is 764. The number of halogens is 1.